The van der Waals surface area contributed by atoms with Crippen molar-refractivity contribution in [2.75, 3.05) is 5.32 Å². The minimum absolute atomic E-state index is 0.0532. The number of halogens is 1. The van der Waals surface area contributed by atoms with Gasteiger partial charge in [0.2, 0.25) is 0 Å². The van der Waals surface area contributed by atoms with Crippen molar-refractivity contribution in [3.05, 3.63) is 71.6 Å². The van der Waals surface area contributed by atoms with E-state index in [2.05, 4.69) is 47.1 Å². The highest BCUT2D eigenvalue weighted by Crippen LogP contribution is 2.34. The summed E-state index contributed by atoms with van der Waals surface area (Å²) in [6.07, 6.45) is 3.36. The topological polar surface area (TPSA) is 62.8 Å². The lowest BCUT2D eigenvalue weighted by molar-refractivity contribution is 0.479. The fraction of sp³-hybridized carbons (Fsp3) is 0.182. The molecule has 0 unspecified atom stereocenters. The van der Waals surface area contributed by atoms with Crippen LogP contribution in [0, 0.1) is 0 Å². The fourth-order valence-electron chi connectivity index (χ4n) is 2.92. The molecule has 0 atom stereocenters. The Morgan fingerprint density at radius 3 is 2.68 bits per heavy atom. The number of anilines is 2. The summed E-state index contributed by atoms with van der Waals surface area (Å²) in [6, 6.07) is 15.6. The van der Waals surface area contributed by atoms with Gasteiger partial charge in [-0.1, -0.05) is 44.5 Å². The van der Waals surface area contributed by atoms with E-state index in [4.69, 9.17) is 16.3 Å². The fourth-order valence-corrected chi connectivity index (χ4v) is 3.14. The maximum absolute atomic E-state index is 6.47. The second-order valence-electron chi connectivity index (χ2n) is 7.61. The quantitative estimate of drug-likeness (QED) is 0.419. The van der Waals surface area contributed by atoms with Gasteiger partial charge in [0.1, 0.15) is 23.3 Å². The Labute approximate surface area is 168 Å². The minimum atomic E-state index is 0.0532. The van der Waals surface area contributed by atoms with Crippen LogP contribution in [0.4, 0.5) is 11.5 Å². The molecule has 0 saturated carbocycles. The first-order chi connectivity index (χ1) is 13.4. The molecule has 0 spiro atoms. The molecule has 0 aliphatic rings. The van der Waals surface area contributed by atoms with E-state index in [9.17, 15) is 0 Å². The van der Waals surface area contributed by atoms with Crippen molar-refractivity contribution in [3.8, 4) is 11.5 Å². The van der Waals surface area contributed by atoms with E-state index in [0.717, 1.165) is 22.5 Å². The number of hydrogen-bond acceptors (Lipinski definition) is 4. The molecule has 4 aromatic rings. The summed E-state index contributed by atoms with van der Waals surface area (Å²) in [5.41, 5.74) is 3.77. The first-order valence-electron chi connectivity index (χ1n) is 9.03. The molecule has 0 saturated heterocycles. The number of rotatable bonds is 4. The van der Waals surface area contributed by atoms with E-state index in [1.807, 2.05) is 48.7 Å². The molecule has 28 heavy (non-hydrogen) atoms. The van der Waals surface area contributed by atoms with Crippen LogP contribution in [0.5, 0.6) is 11.5 Å². The van der Waals surface area contributed by atoms with Crippen LogP contribution in [0.2, 0.25) is 5.02 Å². The molecular weight excluding hydrogens is 372 g/mol. The first-order valence-corrected chi connectivity index (χ1v) is 9.41. The van der Waals surface area contributed by atoms with Crippen LogP contribution in [0.1, 0.15) is 26.3 Å². The smallest absolute Gasteiger partial charge is 0.158 e. The monoisotopic (exact) mass is 392 g/mol. The van der Waals surface area contributed by atoms with E-state index in [-0.39, 0.29) is 5.41 Å². The van der Waals surface area contributed by atoms with Gasteiger partial charge in [0.05, 0.1) is 10.5 Å². The van der Waals surface area contributed by atoms with Crippen molar-refractivity contribution < 1.29 is 4.74 Å². The van der Waals surface area contributed by atoms with Gasteiger partial charge in [0, 0.05) is 11.9 Å². The predicted octanol–water partition coefficient (Wildman–Crippen LogP) is 6.44. The molecule has 0 radical (unpaired) electrons. The second kappa shape index (κ2) is 7.17. The van der Waals surface area contributed by atoms with Crippen molar-refractivity contribution >= 4 is 34.1 Å². The Hall–Kier alpha value is -3.05. The summed E-state index contributed by atoms with van der Waals surface area (Å²) in [4.78, 5) is 11.7. The Kier molecular flexibility index (Phi) is 4.69. The van der Waals surface area contributed by atoms with Gasteiger partial charge in [-0.3, -0.25) is 0 Å². The van der Waals surface area contributed by atoms with Crippen LogP contribution in [-0.2, 0) is 5.41 Å². The minimum Gasteiger partial charge on any atom is -0.456 e. The number of benzene rings is 2. The molecular formula is C22H21ClN4O. The van der Waals surface area contributed by atoms with Crippen LogP contribution in [0.25, 0.3) is 11.0 Å². The first kappa shape index (κ1) is 18.3. The van der Waals surface area contributed by atoms with Crippen molar-refractivity contribution in [3.63, 3.8) is 0 Å². The summed E-state index contributed by atoms with van der Waals surface area (Å²) in [6.45, 7) is 6.52. The highest BCUT2D eigenvalue weighted by atomic mass is 35.5. The zero-order valence-electron chi connectivity index (χ0n) is 16.0. The molecule has 2 aromatic heterocycles. The summed E-state index contributed by atoms with van der Waals surface area (Å²) in [5.74, 6) is 2.06. The molecule has 0 aliphatic carbocycles. The third-order valence-corrected chi connectivity index (χ3v) is 4.76. The Balaban J connectivity index is 1.56. The van der Waals surface area contributed by atoms with Crippen LogP contribution >= 0.6 is 11.6 Å². The number of aromatic amines is 1. The van der Waals surface area contributed by atoms with Gasteiger partial charge >= 0.3 is 0 Å². The maximum atomic E-state index is 6.47. The molecule has 5 nitrogen and oxygen atoms in total. The zero-order valence-corrected chi connectivity index (χ0v) is 16.7. The molecule has 0 fully saturated rings. The zero-order chi connectivity index (χ0) is 19.7. The summed E-state index contributed by atoms with van der Waals surface area (Å²) in [7, 11) is 0. The summed E-state index contributed by atoms with van der Waals surface area (Å²) in [5, 5.41) is 3.79. The second-order valence-corrected chi connectivity index (χ2v) is 8.02. The molecule has 6 heteroatoms. The van der Waals surface area contributed by atoms with Crippen molar-refractivity contribution in [2.45, 2.75) is 26.2 Å². The van der Waals surface area contributed by atoms with Crippen LogP contribution in [0.15, 0.2) is 61.1 Å². The largest absolute Gasteiger partial charge is 0.456 e. The number of aromatic nitrogens is 3. The maximum Gasteiger partial charge on any atom is 0.158 e. The summed E-state index contributed by atoms with van der Waals surface area (Å²) >= 11 is 6.47. The van der Waals surface area contributed by atoms with Gasteiger partial charge in [-0.05, 0) is 47.4 Å². The van der Waals surface area contributed by atoms with Crippen LogP contribution < -0.4 is 10.1 Å². The Bertz CT molecular complexity index is 1130. The molecule has 0 amide bonds. The van der Waals surface area contributed by atoms with Crippen molar-refractivity contribution in [1.82, 2.24) is 15.0 Å². The average molecular weight is 393 g/mol. The lowest BCUT2D eigenvalue weighted by Crippen LogP contribution is -2.10. The molecule has 0 bridgehead atoms. The van der Waals surface area contributed by atoms with E-state index >= 15 is 0 Å². The standard InChI is InChI=1S/C22H21ClN4O/c1-22(2,3)14-5-4-6-16(11-14)28-19-8-7-15(12-17(19)23)27-21-20-18(9-10-24-20)25-13-26-21/h4-13,24H,1-3H3,(H,25,26,27). The molecule has 2 N–H and O–H groups in total. The Morgan fingerprint density at radius 1 is 1.04 bits per heavy atom. The molecule has 2 aromatic carbocycles. The van der Waals surface area contributed by atoms with E-state index < -0.39 is 0 Å². The number of fused-ring (bicyclic) bond motifs is 1. The van der Waals surface area contributed by atoms with Gasteiger partial charge in [0.25, 0.3) is 0 Å². The van der Waals surface area contributed by atoms with Crippen LogP contribution in [0.3, 0.4) is 0 Å². The van der Waals surface area contributed by atoms with Gasteiger partial charge < -0.3 is 15.0 Å². The van der Waals surface area contributed by atoms with Crippen LogP contribution in [-0.4, -0.2) is 15.0 Å². The number of nitrogens with one attached hydrogen (secondary N) is 2. The highest BCUT2D eigenvalue weighted by Gasteiger charge is 2.15. The van der Waals surface area contributed by atoms with Gasteiger partial charge in [-0.2, -0.15) is 0 Å². The van der Waals surface area contributed by atoms with Gasteiger partial charge in [0.15, 0.2) is 5.82 Å². The lowest BCUT2D eigenvalue weighted by atomic mass is 9.87. The Morgan fingerprint density at radius 2 is 1.89 bits per heavy atom. The number of nitrogens with zero attached hydrogens (tertiary/aromatic N) is 2. The molecule has 2 heterocycles. The van der Waals surface area contributed by atoms with Crippen molar-refractivity contribution in [2.24, 2.45) is 0 Å². The number of hydrogen-bond donors (Lipinski definition) is 2. The lowest BCUT2D eigenvalue weighted by Gasteiger charge is -2.20. The molecule has 142 valence electrons. The number of ether oxygens (including phenoxy) is 1. The van der Waals surface area contributed by atoms with Gasteiger partial charge in [-0.15, -0.1) is 0 Å². The third-order valence-electron chi connectivity index (χ3n) is 4.47. The summed E-state index contributed by atoms with van der Waals surface area (Å²) < 4.78 is 6.02. The molecule has 4 rings (SSSR count). The van der Waals surface area contributed by atoms with E-state index in [1.165, 1.54) is 11.9 Å². The third kappa shape index (κ3) is 3.80. The molecule has 0 aliphatic heterocycles. The normalized spacial score (nSPS) is 11.6. The average Bonchev–Trinajstić information content (AvgIpc) is 3.13. The van der Waals surface area contributed by atoms with Gasteiger partial charge in [-0.25, -0.2) is 9.97 Å². The highest BCUT2D eigenvalue weighted by molar-refractivity contribution is 6.32. The van der Waals surface area contributed by atoms with E-state index in [0.29, 0.717) is 16.6 Å². The van der Waals surface area contributed by atoms with E-state index in [1.54, 1.807) is 0 Å². The van der Waals surface area contributed by atoms with Crippen molar-refractivity contribution in [1.29, 1.82) is 0 Å². The predicted molar refractivity (Wildman–Crippen MR) is 114 cm³/mol. The SMILES string of the molecule is CC(C)(C)c1cccc(Oc2ccc(Nc3ncnc4cc[nH]c34)cc2Cl)c1. The number of H-pyrrole nitrogens is 1.